The number of nitrogen functional groups attached to an aromatic ring is 1. The van der Waals surface area contributed by atoms with Crippen molar-refractivity contribution in [3.63, 3.8) is 0 Å². The number of rotatable bonds is 3. The first-order valence-electron chi connectivity index (χ1n) is 5.98. The molecule has 0 aliphatic carbocycles. The van der Waals surface area contributed by atoms with Crippen LogP contribution in [0.3, 0.4) is 0 Å². The van der Waals surface area contributed by atoms with Gasteiger partial charge in [0.15, 0.2) is 0 Å². The van der Waals surface area contributed by atoms with Crippen LogP contribution in [-0.2, 0) is 6.18 Å². The summed E-state index contributed by atoms with van der Waals surface area (Å²) < 4.78 is 38.7. The summed E-state index contributed by atoms with van der Waals surface area (Å²) in [6.45, 7) is 5.39. The van der Waals surface area contributed by atoms with Crippen molar-refractivity contribution in [2.24, 2.45) is 0 Å². The van der Waals surface area contributed by atoms with Gasteiger partial charge in [-0.15, -0.1) is 0 Å². The zero-order valence-electron chi connectivity index (χ0n) is 10.9. The summed E-state index contributed by atoms with van der Waals surface area (Å²) in [7, 11) is 0. The molecular formula is C14H18F3N. The fraction of sp³-hybridized carbons (Fsp3) is 0.429. The predicted molar refractivity (Wildman–Crippen MR) is 69.2 cm³/mol. The van der Waals surface area contributed by atoms with E-state index in [1.165, 1.54) is 6.92 Å². The molecule has 18 heavy (non-hydrogen) atoms. The van der Waals surface area contributed by atoms with Gasteiger partial charge in [0.1, 0.15) is 0 Å². The second-order valence-corrected chi connectivity index (χ2v) is 4.23. The van der Waals surface area contributed by atoms with Crippen molar-refractivity contribution >= 4 is 11.3 Å². The van der Waals surface area contributed by atoms with E-state index in [0.717, 1.165) is 18.1 Å². The van der Waals surface area contributed by atoms with Gasteiger partial charge >= 0.3 is 6.18 Å². The first-order chi connectivity index (χ1) is 8.31. The molecule has 0 aliphatic rings. The number of allylic oxidation sites excluding steroid dienone is 2. The van der Waals surface area contributed by atoms with Crippen LogP contribution in [0.4, 0.5) is 18.9 Å². The summed E-state index contributed by atoms with van der Waals surface area (Å²) in [4.78, 5) is 0. The molecule has 4 heteroatoms. The van der Waals surface area contributed by atoms with Crippen molar-refractivity contribution in [2.45, 2.75) is 39.8 Å². The molecule has 0 aliphatic heterocycles. The monoisotopic (exact) mass is 257 g/mol. The van der Waals surface area contributed by atoms with Crippen molar-refractivity contribution < 1.29 is 13.2 Å². The van der Waals surface area contributed by atoms with Gasteiger partial charge in [-0.1, -0.05) is 19.9 Å². The van der Waals surface area contributed by atoms with Gasteiger partial charge in [0.05, 0.1) is 5.56 Å². The van der Waals surface area contributed by atoms with E-state index < -0.39 is 11.7 Å². The Balaban J connectivity index is 3.47. The topological polar surface area (TPSA) is 26.0 Å². The van der Waals surface area contributed by atoms with Gasteiger partial charge in [0.25, 0.3) is 0 Å². The Morgan fingerprint density at radius 3 is 2.33 bits per heavy atom. The molecule has 0 bridgehead atoms. The first-order valence-corrected chi connectivity index (χ1v) is 5.98. The van der Waals surface area contributed by atoms with Gasteiger partial charge in [-0.25, -0.2) is 0 Å². The van der Waals surface area contributed by atoms with E-state index >= 15 is 0 Å². The maximum absolute atomic E-state index is 12.9. The molecule has 0 atom stereocenters. The van der Waals surface area contributed by atoms with Crippen molar-refractivity contribution in [3.8, 4) is 0 Å². The average molecular weight is 257 g/mol. The highest BCUT2D eigenvalue weighted by atomic mass is 19.4. The maximum atomic E-state index is 12.9. The predicted octanol–water partition coefficient (Wildman–Crippen LogP) is 4.80. The SMILES string of the molecule is CCC=C(CC)c1cc(N)cc(C(F)(F)F)c1C. The van der Waals surface area contributed by atoms with Gasteiger partial charge in [0, 0.05) is 5.69 Å². The maximum Gasteiger partial charge on any atom is 0.416 e. The molecule has 0 saturated heterocycles. The van der Waals surface area contributed by atoms with Crippen LogP contribution in [0.2, 0.25) is 0 Å². The zero-order chi connectivity index (χ0) is 13.9. The lowest BCUT2D eigenvalue weighted by molar-refractivity contribution is -0.138. The molecule has 100 valence electrons. The van der Waals surface area contributed by atoms with E-state index in [9.17, 15) is 13.2 Å². The van der Waals surface area contributed by atoms with Crippen molar-refractivity contribution in [2.75, 3.05) is 5.73 Å². The largest absolute Gasteiger partial charge is 0.416 e. The molecule has 1 rings (SSSR count). The van der Waals surface area contributed by atoms with Gasteiger partial charge < -0.3 is 5.73 Å². The lowest BCUT2D eigenvalue weighted by atomic mass is 9.93. The molecule has 0 radical (unpaired) electrons. The van der Waals surface area contributed by atoms with Crippen LogP contribution in [0.15, 0.2) is 18.2 Å². The van der Waals surface area contributed by atoms with Crippen LogP contribution in [-0.4, -0.2) is 0 Å². The number of anilines is 1. The highest BCUT2D eigenvalue weighted by Crippen LogP contribution is 2.37. The Morgan fingerprint density at radius 1 is 1.28 bits per heavy atom. The van der Waals surface area contributed by atoms with Gasteiger partial charge in [-0.2, -0.15) is 13.2 Å². The third-order valence-corrected chi connectivity index (χ3v) is 2.91. The Bertz CT molecular complexity index is 459. The van der Waals surface area contributed by atoms with Crippen molar-refractivity contribution in [1.82, 2.24) is 0 Å². The molecule has 0 saturated carbocycles. The van der Waals surface area contributed by atoms with Crippen molar-refractivity contribution in [3.05, 3.63) is 34.9 Å². The quantitative estimate of drug-likeness (QED) is 0.773. The molecule has 0 fully saturated rings. The minimum Gasteiger partial charge on any atom is -0.399 e. The Labute approximate surface area is 105 Å². The number of hydrogen-bond acceptors (Lipinski definition) is 1. The average Bonchev–Trinajstić information content (AvgIpc) is 2.27. The minimum absolute atomic E-state index is 0.151. The van der Waals surface area contributed by atoms with Crippen LogP contribution < -0.4 is 5.73 Å². The van der Waals surface area contributed by atoms with E-state index in [1.807, 2.05) is 19.9 Å². The Kier molecular flexibility index (Phi) is 4.43. The van der Waals surface area contributed by atoms with Crippen LogP contribution in [0.25, 0.3) is 5.57 Å². The van der Waals surface area contributed by atoms with Crippen LogP contribution in [0.1, 0.15) is 43.4 Å². The lowest BCUT2D eigenvalue weighted by Crippen LogP contribution is -2.10. The molecular weight excluding hydrogens is 239 g/mol. The van der Waals surface area contributed by atoms with Crippen LogP contribution in [0, 0.1) is 6.92 Å². The Morgan fingerprint density at radius 2 is 1.89 bits per heavy atom. The molecule has 0 spiro atoms. The third-order valence-electron chi connectivity index (χ3n) is 2.91. The molecule has 0 heterocycles. The molecule has 0 aromatic heterocycles. The fourth-order valence-corrected chi connectivity index (χ4v) is 2.06. The smallest absolute Gasteiger partial charge is 0.399 e. The molecule has 1 aromatic carbocycles. The van der Waals surface area contributed by atoms with E-state index in [1.54, 1.807) is 6.07 Å². The highest BCUT2D eigenvalue weighted by molar-refractivity contribution is 5.72. The first kappa shape index (κ1) is 14.6. The van der Waals surface area contributed by atoms with Gasteiger partial charge in [0.2, 0.25) is 0 Å². The second kappa shape index (κ2) is 5.46. The summed E-state index contributed by atoms with van der Waals surface area (Å²) in [6.07, 6.45) is -0.935. The fourth-order valence-electron chi connectivity index (χ4n) is 2.06. The van der Waals surface area contributed by atoms with Crippen LogP contribution >= 0.6 is 0 Å². The Hall–Kier alpha value is -1.45. The standard InChI is InChI=1S/C14H18F3N/c1-4-6-10(5-2)12-7-11(18)8-13(9(12)3)14(15,16)17/h6-8H,4-5,18H2,1-3H3. The number of hydrogen-bond donors (Lipinski definition) is 1. The summed E-state index contributed by atoms with van der Waals surface area (Å²) in [5.74, 6) is 0. The number of halogens is 3. The lowest BCUT2D eigenvalue weighted by Gasteiger charge is -2.17. The summed E-state index contributed by atoms with van der Waals surface area (Å²) in [5, 5.41) is 0. The van der Waals surface area contributed by atoms with Gasteiger partial charge in [-0.3, -0.25) is 0 Å². The van der Waals surface area contributed by atoms with Gasteiger partial charge in [-0.05, 0) is 48.6 Å². The molecule has 0 amide bonds. The number of nitrogens with two attached hydrogens (primary N) is 1. The zero-order valence-corrected chi connectivity index (χ0v) is 10.9. The highest BCUT2D eigenvalue weighted by Gasteiger charge is 2.33. The van der Waals surface area contributed by atoms with Crippen LogP contribution in [0.5, 0.6) is 0 Å². The summed E-state index contributed by atoms with van der Waals surface area (Å²) in [5.41, 5.74) is 6.85. The van der Waals surface area contributed by atoms with Crippen molar-refractivity contribution in [1.29, 1.82) is 0 Å². The summed E-state index contributed by atoms with van der Waals surface area (Å²) >= 11 is 0. The van der Waals surface area contributed by atoms with E-state index in [4.69, 9.17) is 5.73 Å². The molecule has 1 aromatic rings. The number of alkyl halides is 3. The summed E-state index contributed by atoms with van der Waals surface area (Å²) in [6, 6.07) is 2.62. The minimum atomic E-state index is -4.36. The molecule has 0 unspecified atom stereocenters. The molecule has 1 nitrogen and oxygen atoms in total. The van der Waals surface area contributed by atoms with E-state index in [2.05, 4.69) is 0 Å². The second-order valence-electron chi connectivity index (χ2n) is 4.23. The van der Waals surface area contributed by atoms with E-state index in [-0.39, 0.29) is 11.3 Å². The normalized spacial score (nSPS) is 12.9. The molecule has 2 N–H and O–H groups in total. The van der Waals surface area contributed by atoms with E-state index in [0.29, 0.717) is 12.0 Å². The number of benzene rings is 1. The third kappa shape index (κ3) is 3.06.